The van der Waals surface area contributed by atoms with Crippen LogP contribution in [0.2, 0.25) is 0 Å². The van der Waals surface area contributed by atoms with E-state index in [4.69, 9.17) is 16.1 Å². The lowest BCUT2D eigenvalue weighted by atomic mass is 9.92. The van der Waals surface area contributed by atoms with Crippen LogP contribution >= 0.6 is 0 Å². The zero-order valence-electron chi connectivity index (χ0n) is 14.1. The number of amidine groups is 1. The molecule has 2 rings (SSSR count). The topological polar surface area (TPSA) is 74.7 Å². The van der Waals surface area contributed by atoms with Crippen LogP contribution in [0.1, 0.15) is 60.3 Å². The first-order valence-corrected chi connectivity index (χ1v) is 8.15. The molecule has 0 spiro atoms. The first-order chi connectivity index (χ1) is 10.1. The number of nitrogens with one attached hydrogen (secondary N) is 2. The average molecular weight is 290 g/mol. The fraction of sp³-hybridized carbons (Fsp3) is 0.706. The Kier molecular flexibility index (Phi) is 9.36. The Bertz CT molecular complexity index is 392. The van der Waals surface area contributed by atoms with Gasteiger partial charge in [0.1, 0.15) is 17.6 Å². The van der Waals surface area contributed by atoms with E-state index in [1.54, 1.807) is 12.1 Å². The molecule has 0 aromatic rings. The molecule has 2 fully saturated rings. The number of piperidine rings is 1. The summed E-state index contributed by atoms with van der Waals surface area (Å²) in [6.07, 6.45) is 7.71. The molecule has 0 aromatic heterocycles. The molecule has 0 aromatic carbocycles. The van der Waals surface area contributed by atoms with E-state index in [-0.39, 0.29) is 5.71 Å². The van der Waals surface area contributed by atoms with Crippen LogP contribution in [-0.4, -0.2) is 28.5 Å². The lowest BCUT2D eigenvalue weighted by molar-refractivity contribution is 0.189. The van der Waals surface area contributed by atoms with Crippen LogP contribution in [-0.2, 0) is 0 Å². The van der Waals surface area contributed by atoms with Crippen molar-refractivity contribution in [2.24, 2.45) is 5.92 Å². The molecule has 2 heterocycles. The van der Waals surface area contributed by atoms with Crippen molar-refractivity contribution in [3.05, 3.63) is 12.2 Å². The van der Waals surface area contributed by atoms with Crippen molar-refractivity contribution in [3.63, 3.8) is 0 Å². The quantitative estimate of drug-likeness (QED) is 0.585. The maximum Gasteiger partial charge on any atom is 0.132 e. The highest BCUT2D eigenvalue weighted by Gasteiger charge is 2.39. The average Bonchev–Trinajstić information content (AvgIpc) is 2.80. The van der Waals surface area contributed by atoms with E-state index < -0.39 is 0 Å². The van der Waals surface area contributed by atoms with E-state index in [0.29, 0.717) is 17.9 Å². The zero-order valence-corrected chi connectivity index (χ0v) is 14.1. The Morgan fingerprint density at radius 2 is 1.52 bits per heavy atom. The number of hydrogen-bond donors (Lipinski definition) is 2. The minimum Gasteiger partial charge on any atom is -0.351 e. The van der Waals surface area contributed by atoms with Crippen molar-refractivity contribution in [1.29, 1.82) is 16.1 Å². The van der Waals surface area contributed by atoms with Crippen molar-refractivity contribution in [2.45, 2.75) is 72.4 Å². The van der Waals surface area contributed by atoms with Gasteiger partial charge in [0, 0.05) is 12.1 Å². The molecular weight excluding hydrogens is 260 g/mol. The second-order valence-electron chi connectivity index (χ2n) is 5.11. The third-order valence-corrected chi connectivity index (χ3v) is 3.78. The predicted octanol–water partition coefficient (Wildman–Crippen LogP) is 4.38. The highest BCUT2D eigenvalue weighted by atomic mass is 15.2. The van der Waals surface area contributed by atoms with Crippen LogP contribution in [0.25, 0.3) is 0 Å². The molecule has 2 aliphatic heterocycles. The third kappa shape index (κ3) is 5.34. The Morgan fingerprint density at radius 1 is 1.05 bits per heavy atom. The lowest BCUT2D eigenvalue weighted by Crippen LogP contribution is -2.45. The van der Waals surface area contributed by atoms with Gasteiger partial charge in [-0.2, -0.15) is 5.26 Å². The smallest absolute Gasteiger partial charge is 0.132 e. The highest BCUT2D eigenvalue weighted by molar-refractivity contribution is 6.08. The fourth-order valence-corrected chi connectivity index (χ4v) is 3.13. The van der Waals surface area contributed by atoms with E-state index >= 15 is 0 Å². The zero-order chi connectivity index (χ0) is 16.4. The van der Waals surface area contributed by atoms with Crippen molar-refractivity contribution in [3.8, 4) is 6.07 Å². The minimum absolute atomic E-state index is 0.0903. The standard InChI is InChI=1S/C13H18N4.2C2H6/c1-9-6-11-3-4-12(7-9)17(11)13(16)5-2-10(15)8-14;2*1-2/h2,5,9,11-12,15-16H,3-4,6-7H2,1H3;2*1-2H3/b5-2-,15-10?,16-13?;;. The number of nitriles is 1. The molecule has 2 atom stereocenters. The van der Waals surface area contributed by atoms with Crippen LogP contribution in [0.3, 0.4) is 0 Å². The van der Waals surface area contributed by atoms with Crippen LogP contribution in [0.15, 0.2) is 12.2 Å². The van der Waals surface area contributed by atoms with Gasteiger partial charge in [-0.3, -0.25) is 10.8 Å². The second kappa shape index (κ2) is 10.1. The number of rotatable bonds is 2. The molecule has 4 nitrogen and oxygen atoms in total. The van der Waals surface area contributed by atoms with Crippen molar-refractivity contribution >= 4 is 11.5 Å². The Morgan fingerprint density at radius 3 is 1.95 bits per heavy atom. The third-order valence-electron chi connectivity index (χ3n) is 3.78. The molecule has 4 heteroatoms. The maximum absolute atomic E-state index is 8.50. The fourth-order valence-electron chi connectivity index (χ4n) is 3.13. The van der Waals surface area contributed by atoms with E-state index in [1.807, 2.05) is 27.7 Å². The van der Waals surface area contributed by atoms with Gasteiger partial charge in [0.05, 0.1) is 0 Å². The van der Waals surface area contributed by atoms with E-state index in [0.717, 1.165) is 5.92 Å². The minimum atomic E-state index is -0.0903. The molecule has 0 radical (unpaired) electrons. The molecule has 2 saturated heterocycles. The summed E-state index contributed by atoms with van der Waals surface area (Å²) < 4.78 is 0. The normalized spacial score (nSPS) is 26.1. The Labute approximate surface area is 129 Å². The van der Waals surface area contributed by atoms with Gasteiger partial charge in [-0.25, -0.2) is 0 Å². The summed E-state index contributed by atoms with van der Waals surface area (Å²) >= 11 is 0. The molecule has 2 unspecified atom stereocenters. The van der Waals surface area contributed by atoms with Crippen LogP contribution in [0.4, 0.5) is 0 Å². The molecule has 21 heavy (non-hydrogen) atoms. The molecule has 2 N–H and O–H groups in total. The van der Waals surface area contributed by atoms with Crippen LogP contribution < -0.4 is 0 Å². The molecule has 0 amide bonds. The summed E-state index contributed by atoms with van der Waals surface area (Å²) in [5, 5.41) is 23.8. The van der Waals surface area contributed by atoms with Gasteiger partial charge >= 0.3 is 0 Å². The number of nitrogens with zero attached hydrogens (tertiary/aromatic N) is 2. The second-order valence-corrected chi connectivity index (χ2v) is 5.11. The van der Waals surface area contributed by atoms with Crippen LogP contribution in [0.5, 0.6) is 0 Å². The van der Waals surface area contributed by atoms with Gasteiger partial charge in [0.15, 0.2) is 0 Å². The molecule has 2 bridgehead atoms. The van der Waals surface area contributed by atoms with Crippen molar-refractivity contribution < 1.29 is 0 Å². The molecular formula is C17H30N4. The summed E-state index contributed by atoms with van der Waals surface area (Å²) in [4.78, 5) is 2.18. The number of hydrogen-bond acceptors (Lipinski definition) is 3. The summed E-state index contributed by atoms with van der Waals surface area (Å²) in [6.45, 7) is 10.3. The van der Waals surface area contributed by atoms with E-state index in [2.05, 4.69) is 11.8 Å². The molecule has 118 valence electrons. The lowest BCUT2D eigenvalue weighted by Gasteiger charge is -2.38. The van der Waals surface area contributed by atoms with E-state index in [9.17, 15) is 0 Å². The summed E-state index contributed by atoms with van der Waals surface area (Å²) in [5.74, 6) is 1.22. The van der Waals surface area contributed by atoms with Gasteiger partial charge in [-0.1, -0.05) is 34.6 Å². The summed E-state index contributed by atoms with van der Waals surface area (Å²) in [5.41, 5.74) is -0.0903. The van der Waals surface area contributed by atoms with Crippen molar-refractivity contribution in [1.82, 2.24) is 4.90 Å². The van der Waals surface area contributed by atoms with Gasteiger partial charge in [-0.05, 0) is 43.8 Å². The highest BCUT2D eigenvalue weighted by Crippen LogP contribution is 2.38. The largest absolute Gasteiger partial charge is 0.351 e. The predicted molar refractivity (Wildman–Crippen MR) is 89.9 cm³/mol. The molecule has 0 saturated carbocycles. The van der Waals surface area contributed by atoms with Gasteiger partial charge in [0.25, 0.3) is 0 Å². The van der Waals surface area contributed by atoms with Crippen LogP contribution in [0, 0.1) is 28.1 Å². The molecule has 0 aliphatic carbocycles. The summed E-state index contributed by atoms with van der Waals surface area (Å²) in [6, 6.07) is 2.74. The van der Waals surface area contributed by atoms with Gasteiger partial charge in [0.2, 0.25) is 0 Å². The molecule has 2 aliphatic rings. The first kappa shape index (κ1) is 19.4. The first-order valence-electron chi connectivity index (χ1n) is 8.15. The summed E-state index contributed by atoms with van der Waals surface area (Å²) in [7, 11) is 0. The Hall–Kier alpha value is -1.63. The maximum atomic E-state index is 8.50. The SMILES string of the molecule is CC.CC.CC1CC2CCC(C1)N2C(=N)/C=C\C(=N)C#N. The van der Waals surface area contributed by atoms with Gasteiger partial charge < -0.3 is 4.90 Å². The Balaban J connectivity index is 0.000000921. The van der Waals surface area contributed by atoms with Gasteiger partial charge in [-0.15, -0.1) is 0 Å². The van der Waals surface area contributed by atoms with Crippen molar-refractivity contribution in [2.75, 3.05) is 0 Å². The number of allylic oxidation sites excluding steroid dienone is 1. The monoisotopic (exact) mass is 290 g/mol. The van der Waals surface area contributed by atoms with E-state index in [1.165, 1.54) is 31.8 Å². The number of fused-ring (bicyclic) bond motifs is 2.